The van der Waals surface area contributed by atoms with E-state index in [1.165, 1.54) is 38.1 Å². The van der Waals surface area contributed by atoms with E-state index in [9.17, 15) is 0 Å². The molecule has 0 unspecified atom stereocenters. The molecule has 0 aliphatic carbocycles. The molecule has 0 aliphatic heterocycles. The van der Waals surface area contributed by atoms with Crippen LogP contribution >= 0.6 is 0 Å². The van der Waals surface area contributed by atoms with Gasteiger partial charge in [0.15, 0.2) is 17.5 Å². The first-order chi connectivity index (χ1) is 22.7. The van der Waals surface area contributed by atoms with Crippen LogP contribution in [0.5, 0.6) is 0 Å². The van der Waals surface area contributed by atoms with Crippen molar-refractivity contribution in [2.75, 3.05) is 0 Å². The van der Waals surface area contributed by atoms with Crippen molar-refractivity contribution in [1.29, 1.82) is 0 Å². The van der Waals surface area contributed by atoms with Gasteiger partial charge in [0.1, 0.15) is 0 Å². The molecule has 0 N–H and O–H groups in total. The lowest BCUT2D eigenvalue weighted by molar-refractivity contribution is 1.08. The highest BCUT2D eigenvalue weighted by Crippen LogP contribution is 2.33. The molecule has 0 spiro atoms. The summed E-state index contributed by atoms with van der Waals surface area (Å²) in [6.07, 6.45) is 0. The Morgan fingerprint density at radius 2 is 0.630 bits per heavy atom. The van der Waals surface area contributed by atoms with Gasteiger partial charge in [-0.25, -0.2) is 15.0 Å². The monoisotopic (exact) mass is 585 g/mol. The van der Waals surface area contributed by atoms with Gasteiger partial charge in [-0.1, -0.05) is 140 Å². The Balaban J connectivity index is 1.18. The Morgan fingerprint density at radius 1 is 0.261 bits per heavy atom. The van der Waals surface area contributed by atoms with Gasteiger partial charge in [0.2, 0.25) is 0 Å². The number of benzene rings is 8. The van der Waals surface area contributed by atoms with Crippen molar-refractivity contribution in [3.8, 4) is 45.3 Å². The van der Waals surface area contributed by atoms with Crippen LogP contribution < -0.4 is 0 Å². The van der Waals surface area contributed by atoms with Gasteiger partial charge in [0.25, 0.3) is 0 Å². The van der Waals surface area contributed by atoms with Gasteiger partial charge >= 0.3 is 0 Å². The molecule has 46 heavy (non-hydrogen) atoms. The zero-order valence-corrected chi connectivity index (χ0v) is 24.9. The van der Waals surface area contributed by atoms with E-state index in [-0.39, 0.29) is 0 Å². The molecule has 0 bridgehead atoms. The molecule has 214 valence electrons. The molecule has 1 aromatic heterocycles. The number of hydrogen-bond acceptors (Lipinski definition) is 3. The van der Waals surface area contributed by atoms with Crippen molar-refractivity contribution in [3.05, 3.63) is 164 Å². The van der Waals surface area contributed by atoms with Crippen molar-refractivity contribution in [2.45, 2.75) is 0 Å². The van der Waals surface area contributed by atoms with Crippen LogP contribution in [-0.2, 0) is 0 Å². The summed E-state index contributed by atoms with van der Waals surface area (Å²) in [7, 11) is 0. The summed E-state index contributed by atoms with van der Waals surface area (Å²) in [5.41, 5.74) is 5.32. The molecule has 0 radical (unpaired) electrons. The standard InChI is InChI=1S/C43H27N3/c1-3-11-31-25-36(21-16-28(31)8-1)41-44-42(37-22-17-29-9-2-4-12-32(29)26-37)46-43(45-41)38-23-19-33-24-35(20-18-34(33)27-38)40-15-7-13-30-10-5-6-14-39(30)40/h1-27H. The fourth-order valence-corrected chi connectivity index (χ4v) is 6.45. The van der Waals surface area contributed by atoms with E-state index in [1.807, 2.05) is 0 Å². The van der Waals surface area contributed by atoms with Crippen molar-refractivity contribution < 1.29 is 0 Å². The Kier molecular flexibility index (Phi) is 6.14. The summed E-state index contributed by atoms with van der Waals surface area (Å²) < 4.78 is 0. The van der Waals surface area contributed by atoms with Gasteiger partial charge < -0.3 is 0 Å². The maximum Gasteiger partial charge on any atom is 0.164 e. The maximum absolute atomic E-state index is 5.05. The zero-order chi connectivity index (χ0) is 30.5. The summed E-state index contributed by atoms with van der Waals surface area (Å²) in [4.78, 5) is 15.1. The topological polar surface area (TPSA) is 38.7 Å². The smallest absolute Gasteiger partial charge is 0.164 e. The molecule has 0 saturated heterocycles. The molecule has 0 amide bonds. The second-order valence-corrected chi connectivity index (χ2v) is 11.7. The molecule has 0 atom stereocenters. The van der Waals surface area contributed by atoms with Crippen LogP contribution in [-0.4, -0.2) is 15.0 Å². The predicted octanol–water partition coefficient (Wildman–Crippen LogP) is 11.2. The van der Waals surface area contributed by atoms with Crippen LogP contribution in [0.4, 0.5) is 0 Å². The maximum atomic E-state index is 5.05. The fourth-order valence-electron chi connectivity index (χ4n) is 6.45. The minimum atomic E-state index is 0.654. The third kappa shape index (κ3) is 4.66. The molecule has 9 rings (SSSR count). The van der Waals surface area contributed by atoms with E-state index in [4.69, 9.17) is 15.0 Å². The van der Waals surface area contributed by atoms with Crippen LogP contribution in [0.2, 0.25) is 0 Å². The predicted molar refractivity (Wildman–Crippen MR) is 192 cm³/mol. The molecule has 0 fully saturated rings. The van der Waals surface area contributed by atoms with Crippen molar-refractivity contribution in [1.82, 2.24) is 15.0 Å². The molecule has 9 aromatic rings. The quantitative estimate of drug-likeness (QED) is 0.206. The highest BCUT2D eigenvalue weighted by Gasteiger charge is 2.14. The van der Waals surface area contributed by atoms with Crippen LogP contribution in [0.25, 0.3) is 88.4 Å². The molecular weight excluding hydrogens is 558 g/mol. The number of nitrogens with zero attached hydrogens (tertiary/aromatic N) is 3. The summed E-state index contributed by atoms with van der Waals surface area (Å²) >= 11 is 0. The number of hydrogen-bond donors (Lipinski definition) is 0. The van der Waals surface area contributed by atoms with Gasteiger partial charge in [-0.3, -0.25) is 0 Å². The summed E-state index contributed by atoms with van der Waals surface area (Å²) in [6, 6.07) is 57.7. The second-order valence-electron chi connectivity index (χ2n) is 11.7. The van der Waals surface area contributed by atoms with Gasteiger partial charge in [-0.2, -0.15) is 0 Å². The minimum Gasteiger partial charge on any atom is -0.208 e. The fraction of sp³-hybridized carbons (Fsp3) is 0. The molecule has 1 heterocycles. The van der Waals surface area contributed by atoms with Gasteiger partial charge in [0.05, 0.1) is 0 Å². The minimum absolute atomic E-state index is 0.654. The van der Waals surface area contributed by atoms with Crippen LogP contribution in [0.3, 0.4) is 0 Å². The third-order valence-corrected chi connectivity index (χ3v) is 8.85. The first-order valence-electron chi connectivity index (χ1n) is 15.5. The molecule has 8 aromatic carbocycles. The Labute approximate surface area is 266 Å². The molecule has 3 heteroatoms. The summed E-state index contributed by atoms with van der Waals surface area (Å²) in [5, 5.41) is 9.50. The van der Waals surface area contributed by atoms with Gasteiger partial charge in [0, 0.05) is 16.7 Å². The SMILES string of the molecule is c1ccc2cc(-c3nc(-c4ccc5ccccc5c4)nc(-c4ccc5cc(-c6cccc7ccccc67)ccc5c4)n3)ccc2c1. The Morgan fingerprint density at radius 3 is 1.17 bits per heavy atom. The van der Waals surface area contributed by atoms with E-state index in [0.29, 0.717) is 17.5 Å². The van der Waals surface area contributed by atoms with Gasteiger partial charge in [-0.05, 0) is 78.5 Å². The lowest BCUT2D eigenvalue weighted by atomic mass is 9.96. The average molecular weight is 586 g/mol. The third-order valence-electron chi connectivity index (χ3n) is 8.85. The first kappa shape index (κ1) is 26.2. The Hall–Kier alpha value is -6.19. The zero-order valence-electron chi connectivity index (χ0n) is 24.9. The number of aromatic nitrogens is 3. The largest absolute Gasteiger partial charge is 0.208 e. The first-order valence-corrected chi connectivity index (χ1v) is 15.5. The van der Waals surface area contributed by atoms with E-state index in [1.54, 1.807) is 0 Å². The van der Waals surface area contributed by atoms with Crippen LogP contribution in [0.1, 0.15) is 0 Å². The van der Waals surface area contributed by atoms with Crippen molar-refractivity contribution in [3.63, 3.8) is 0 Å². The molecule has 0 saturated carbocycles. The molecular formula is C43H27N3. The summed E-state index contributed by atoms with van der Waals surface area (Å²) in [6.45, 7) is 0. The van der Waals surface area contributed by atoms with Crippen molar-refractivity contribution >= 4 is 43.1 Å². The average Bonchev–Trinajstić information content (AvgIpc) is 3.13. The van der Waals surface area contributed by atoms with E-state index < -0.39 is 0 Å². The number of rotatable bonds is 4. The highest BCUT2D eigenvalue weighted by molar-refractivity contribution is 5.99. The molecule has 3 nitrogen and oxygen atoms in total. The molecule has 0 aliphatic rings. The van der Waals surface area contributed by atoms with Crippen molar-refractivity contribution in [2.24, 2.45) is 0 Å². The summed E-state index contributed by atoms with van der Waals surface area (Å²) in [5.74, 6) is 1.97. The van der Waals surface area contributed by atoms with E-state index >= 15 is 0 Å². The van der Waals surface area contributed by atoms with E-state index in [0.717, 1.165) is 32.8 Å². The van der Waals surface area contributed by atoms with Crippen LogP contribution in [0, 0.1) is 0 Å². The van der Waals surface area contributed by atoms with Gasteiger partial charge in [-0.15, -0.1) is 0 Å². The van der Waals surface area contributed by atoms with E-state index in [2.05, 4.69) is 164 Å². The van der Waals surface area contributed by atoms with Crippen LogP contribution in [0.15, 0.2) is 164 Å². The number of fused-ring (bicyclic) bond motifs is 4. The lowest BCUT2D eigenvalue weighted by Gasteiger charge is -2.11. The normalized spacial score (nSPS) is 11.5. The highest BCUT2D eigenvalue weighted by atomic mass is 15.0. The lowest BCUT2D eigenvalue weighted by Crippen LogP contribution is -2.00. The Bertz CT molecular complexity index is 2500. The second kappa shape index (κ2) is 10.8.